The number of carbonyl (C=O) groups is 1. The number of nitrogen functional groups attached to an aromatic ring is 1. The Morgan fingerprint density at radius 3 is 2.70 bits per heavy atom. The minimum atomic E-state index is -4.17. The molecule has 27 heavy (non-hydrogen) atoms. The summed E-state index contributed by atoms with van der Waals surface area (Å²) in [6, 6.07) is 5.12. The van der Waals surface area contributed by atoms with Crippen LogP contribution in [0.5, 0.6) is 0 Å². The van der Waals surface area contributed by atoms with Crippen LogP contribution in [0, 0.1) is 10.1 Å². The lowest BCUT2D eigenvalue weighted by molar-refractivity contribution is -0.387. The molecule has 0 bridgehead atoms. The molecule has 1 aliphatic rings. The number of rotatable bonds is 4. The molecular weight excluding hydrogens is 400 g/mol. The fraction of sp³-hybridized carbons (Fsp3) is 0.286. The maximum absolute atomic E-state index is 13.0. The zero-order chi connectivity index (χ0) is 19.8. The Balaban J connectivity index is 2.03. The number of hydrogen-bond acceptors (Lipinski definition) is 7. The van der Waals surface area contributed by atoms with Crippen molar-refractivity contribution >= 4 is 33.2 Å². The second-order valence-corrected chi connectivity index (χ2v) is 8.01. The molecule has 3 rings (SSSR count). The summed E-state index contributed by atoms with van der Waals surface area (Å²) in [5.41, 5.74) is 1.62. The van der Waals surface area contributed by atoms with Crippen LogP contribution in [0.15, 0.2) is 29.2 Å². The quantitative estimate of drug-likeness (QED) is 0.322. The van der Waals surface area contributed by atoms with E-state index in [1.54, 1.807) is 0 Å². The van der Waals surface area contributed by atoms with Gasteiger partial charge in [0.1, 0.15) is 0 Å². The van der Waals surface area contributed by atoms with Crippen molar-refractivity contribution in [2.45, 2.75) is 24.4 Å². The van der Waals surface area contributed by atoms with Gasteiger partial charge in [0.25, 0.3) is 11.6 Å². The third-order valence-corrected chi connectivity index (χ3v) is 6.41. The summed E-state index contributed by atoms with van der Waals surface area (Å²) in [6.45, 7) is 0.264. The van der Waals surface area contributed by atoms with Crippen molar-refractivity contribution in [1.82, 2.24) is 19.5 Å². The van der Waals surface area contributed by atoms with Crippen LogP contribution in [0.2, 0.25) is 5.02 Å². The average Bonchev–Trinajstić information content (AvgIpc) is 2.83. The molecule has 0 aliphatic carbocycles. The van der Waals surface area contributed by atoms with Gasteiger partial charge >= 0.3 is 0 Å². The van der Waals surface area contributed by atoms with Crippen molar-refractivity contribution in [1.29, 1.82) is 0 Å². The number of aromatic nitrogens is 2. The van der Waals surface area contributed by atoms with Gasteiger partial charge in [-0.2, -0.15) is 9.40 Å². The van der Waals surface area contributed by atoms with Crippen LogP contribution in [0.4, 0.5) is 5.69 Å². The number of nitro benzene ring substituents is 1. The van der Waals surface area contributed by atoms with Crippen LogP contribution in [-0.2, 0) is 23.1 Å². The number of halogens is 1. The monoisotopic (exact) mass is 414 g/mol. The molecule has 2 aromatic rings. The number of nitro groups is 1. The molecule has 144 valence electrons. The van der Waals surface area contributed by atoms with Gasteiger partial charge in [0, 0.05) is 19.2 Å². The Labute approximate surface area is 158 Å². The number of nitrogens with two attached hydrogens (primary N) is 1. The normalized spacial score (nSPS) is 15.0. The summed E-state index contributed by atoms with van der Waals surface area (Å²) in [7, 11) is -4.17. The summed E-state index contributed by atoms with van der Waals surface area (Å²) < 4.78 is 28.6. The highest BCUT2D eigenvalue weighted by Crippen LogP contribution is 2.31. The number of hydrogen-bond donors (Lipinski definition) is 2. The maximum Gasteiger partial charge on any atom is 0.289 e. The number of amides is 1. The number of hydrazine groups is 1. The van der Waals surface area contributed by atoms with Crippen molar-refractivity contribution in [3.63, 3.8) is 0 Å². The molecule has 1 aliphatic heterocycles. The fourth-order valence-electron chi connectivity index (χ4n) is 2.84. The third-order valence-electron chi connectivity index (χ3n) is 4.12. The molecule has 0 unspecified atom stereocenters. The van der Waals surface area contributed by atoms with E-state index >= 15 is 0 Å². The van der Waals surface area contributed by atoms with Crippen molar-refractivity contribution < 1.29 is 18.1 Å². The number of benzene rings is 1. The Kier molecular flexibility index (Phi) is 5.15. The average molecular weight is 415 g/mol. The zero-order valence-electron chi connectivity index (χ0n) is 13.8. The van der Waals surface area contributed by atoms with Crippen molar-refractivity contribution in [3.05, 3.63) is 50.8 Å². The first-order valence-electron chi connectivity index (χ1n) is 7.77. The molecule has 0 atom stereocenters. The fourth-order valence-corrected chi connectivity index (χ4v) is 4.72. The lowest BCUT2D eigenvalue weighted by Crippen LogP contribution is -2.32. The van der Waals surface area contributed by atoms with Gasteiger partial charge in [-0.05, 0) is 12.5 Å². The molecule has 3 N–H and O–H groups in total. The molecule has 1 aromatic carbocycles. The minimum Gasteiger partial charge on any atom is -0.289 e. The molecule has 0 saturated heterocycles. The first-order chi connectivity index (χ1) is 12.8. The number of aryl methyl sites for hydroxylation is 1. The second-order valence-electron chi connectivity index (χ2n) is 5.72. The molecule has 0 spiro atoms. The van der Waals surface area contributed by atoms with Gasteiger partial charge in [0.15, 0.2) is 10.6 Å². The van der Waals surface area contributed by atoms with Gasteiger partial charge in [0.2, 0.25) is 10.0 Å². The smallest absolute Gasteiger partial charge is 0.289 e. The minimum absolute atomic E-state index is 0.0115. The molecular formula is C14H15ClN6O5S. The van der Waals surface area contributed by atoms with E-state index in [0.29, 0.717) is 18.7 Å². The third kappa shape index (κ3) is 3.39. The van der Waals surface area contributed by atoms with Crippen LogP contribution in [0.3, 0.4) is 0 Å². The van der Waals surface area contributed by atoms with Gasteiger partial charge in [-0.1, -0.05) is 23.7 Å². The van der Waals surface area contributed by atoms with E-state index in [1.165, 1.54) is 22.9 Å². The van der Waals surface area contributed by atoms with Gasteiger partial charge in [-0.25, -0.2) is 14.3 Å². The Morgan fingerprint density at radius 2 is 2.04 bits per heavy atom. The predicted molar refractivity (Wildman–Crippen MR) is 94.2 cm³/mol. The van der Waals surface area contributed by atoms with E-state index in [1.807, 2.05) is 5.43 Å². The lowest BCUT2D eigenvalue weighted by atomic mass is 10.3. The van der Waals surface area contributed by atoms with E-state index < -0.39 is 31.4 Å². The molecule has 1 aromatic heterocycles. The molecule has 0 fully saturated rings. The molecule has 13 heteroatoms. The van der Waals surface area contributed by atoms with Crippen LogP contribution in [0.25, 0.3) is 0 Å². The van der Waals surface area contributed by atoms with Crippen LogP contribution in [0.1, 0.15) is 22.6 Å². The summed E-state index contributed by atoms with van der Waals surface area (Å²) in [5, 5.41) is 15.3. The van der Waals surface area contributed by atoms with Crippen molar-refractivity contribution in [3.8, 4) is 0 Å². The standard InChI is InChI=1S/C14H15ClN6O5S/c15-12-10-8-19(6-3-7-20(10)18-13(12)14(22)17-16)27(25,26)11-5-2-1-4-9(11)21(23)24/h1-2,4-5H,3,6-8,16H2,(H,17,22). The zero-order valence-corrected chi connectivity index (χ0v) is 15.4. The van der Waals surface area contributed by atoms with E-state index in [9.17, 15) is 23.3 Å². The van der Waals surface area contributed by atoms with E-state index in [2.05, 4.69) is 5.10 Å². The highest BCUT2D eigenvalue weighted by Gasteiger charge is 2.34. The molecule has 0 saturated carbocycles. The summed E-state index contributed by atoms with van der Waals surface area (Å²) in [6.07, 6.45) is 0.383. The Morgan fingerprint density at radius 1 is 1.33 bits per heavy atom. The summed E-state index contributed by atoms with van der Waals surface area (Å²) in [5.74, 6) is 4.40. The molecule has 11 nitrogen and oxygen atoms in total. The first-order valence-corrected chi connectivity index (χ1v) is 9.59. The van der Waals surface area contributed by atoms with Crippen LogP contribution in [-0.4, -0.2) is 39.9 Å². The second kappa shape index (κ2) is 7.23. The molecule has 2 heterocycles. The number of nitrogens with one attached hydrogen (secondary N) is 1. The van der Waals surface area contributed by atoms with Gasteiger partial charge in [-0.3, -0.25) is 25.0 Å². The maximum atomic E-state index is 13.0. The van der Waals surface area contributed by atoms with Gasteiger partial charge < -0.3 is 0 Å². The van der Waals surface area contributed by atoms with Gasteiger partial charge in [-0.15, -0.1) is 0 Å². The Hall–Kier alpha value is -2.54. The van der Waals surface area contributed by atoms with Crippen molar-refractivity contribution in [2.24, 2.45) is 5.84 Å². The summed E-state index contributed by atoms with van der Waals surface area (Å²) >= 11 is 6.20. The molecule has 1 amide bonds. The molecule has 0 radical (unpaired) electrons. The lowest BCUT2D eigenvalue weighted by Gasteiger charge is -2.19. The highest BCUT2D eigenvalue weighted by atomic mass is 35.5. The number of nitrogens with zero attached hydrogens (tertiary/aromatic N) is 4. The first kappa shape index (κ1) is 19.2. The number of para-hydroxylation sites is 1. The summed E-state index contributed by atoms with van der Waals surface area (Å²) in [4.78, 5) is 21.8. The number of sulfonamides is 1. The SMILES string of the molecule is NNC(=O)c1nn2c(c1Cl)CN(S(=O)(=O)c1ccccc1[N+](=O)[O-])CCC2. The van der Waals surface area contributed by atoms with E-state index in [4.69, 9.17) is 17.4 Å². The van der Waals surface area contributed by atoms with E-state index in [0.717, 1.165) is 10.4 Å². The van der Waals surface area contributed by atoms with Crippen LogP contribution >= 0.6 is 11.6 Å². The predicted octanol–water partition coefficient (Wildman–Crippen LogP) is 0.643. The van der Waals surface area contributed by atoms with Crippen LogP contribution < -0.4 is 11.3 Å². The van der Waals surface area contributed by atoms with Crippen molar-refractivity contribution in [2.75, 3.05) is 6.54 Å². The Bertz CT molecular complexity index is 1020. The topological polar surface area (TPSA) is 153 Å². The highest BCUT2D eigenvalue weighted by molar-refractivity contribution is 7.89. The van der Waals surface area contributed by atoms with Gasteiger partial charge in [0.05, 0.1) is 22.2 Å². The number of fused-ring (bicyclic) bond motifs is 1. The van der Waals surface area contributed by atoms with E-state index in [-0.39, 0.29) is 23.8 Å². The largest absolute Gasteiger partial charge is 0.289 e. The number of carbonyl (C=O) groups excluding carboxylic acids is 1.